The van der Waals surface area contributed by atoms with Crippen molar-refractivity contribution in [1.82, 2.24) is 36.8 Å². The Morgan fingerprint density at radius 3 is 1.74 bits per heavy atom. The fourth-order valence-corrected chi connectivity index (χ4v) is 6.83. The van der Waals surface area contributed by atoms with Crippen LogP contribution in [-0.4, -0.2) is 138 Å². The van der Waals surface area contributed by atoms with Gasteiger partial charge in [0.15, 0.2) is 0 Å². The van der Waals surface area contributed by atoms with Crippen molar-refractivity contribution in [3.63, 3.8) is 0 Å². The minimum Gasteiger partial charge on any atom is -0.491 e. The number of hydrogen-bond acceptors (Lipinski definition) is 14. The Balaban J connectivity index is 2.19. The predicted octanol–water partition coefficient (Wildman–Crippen LogP) is 3.89. The van der Waals surface area contributed by atoms with Crippen LogP contribution in [0.15, 0.2) is 36.4 Å². The maximum Gasteiger partial charge on any atom is 0.407 e. The molecule has 21 heteroatoms. The average Bonchev–Trinajstić information content (AvgIpc) is 3.19. The minimum absolute atomic E-state index is 0.0219. The van der Waals surface area contributed by atoms with Crippen molar-refractivity contribution < 1.29 is 67.5 Å². The number of aliphatic hydroxyl groups excluding tert-OH is 1. The van der Waals surface area contributed by atoms with E-state index < -0.39 is 89.2 Å². The lowest BCUT2D eigenvalue weighted by Crippen LogP contribution is -2.56. The van der Waals surface area contributed by atoms with Gasteiger partial charge >= 0.3 is 24.2 Å². The Labute approximate surface area is 398 Å². The summed E-state index contributed by atoms with van der Waals surface area (Å²) in [4.78, 5) is 91.5. The van der Waals surface area contributed by atoms with Crippen LogP contribution in [0, 0.1) is 0 Å². The van der Waals surface area contributed by atoms with Gasteiger partial charge in [-0.2, -0.15) is 0 Å². The van der Waals surface area contributed by atoms with Gasteiger partial charge in [0, 0.05) is 38.1 Å². The van der Waals surface area contributed by atoms with Crippen molar-refractivity contribution >= 4 is 42.0 Å². The van der Waals surface area contributed by atoms with E-state index in [1.807, 2.05) is 0 Å². The first-order valence-electron chi connectivity index (χ1n) is 22.5. The molecule has 2 aromatic carbocycles. The van der Waals surface area contributed by atoms with Gasteiger partial charge in [0.1, 0.15) is 59.8 Å². The number of nitrogens with one attached hydrogen (secondary N) is 6. The standard InChI is InChI=1S/C47H71N7O14/c1-27-38(56)53-34(41(59)60)25-29-15-17-35(64-22-20-49-43(62)67-46(6,7)8)31(24-29)32-26-30(16-18-36(32)65-23-21-50-44(63)68-47(9,10)11)37(39(57)51-27)54(12)40(58)33(52-28(2)55)14-13-19-48-42(61)66-45(3,4)5/h15-18,24,26-27,33-34,37,39,51,57H,13-14,19-23,25H2,1-12H3,(H,48,61)(H,49,62)(H,50,63)(H,52,55)(H,53,56)(H,59,60)/t27-,33-,34-,37-,39?/m0/s1. The number of nitrogens with zero attached hydrogens (tertiary/aromatic N) is 1. The van der Waals surface area contributed by atoms with Gasteiger partial charge in [-0.3, -0.25) is 19.7 Å². The molecule has 21 nitrogen and oxygen atoms in total. The van der Waals surface area contributed by atoms with Crippen LogP contribution in [0.2, 0.25) is 0 Å². The Morgan fingerprint density at radius 1 is 0.765 bits per heavy atom. The molecular weight excluding hydrogens is 887 g/mol. The molecule has 0 aliphatic carbocycles. The van der Waals surface area contributed by atoms with E-state index in [1.54, 1.807) is 98.7 Å². The summed E-state index contributed by atoms with van der Waals surface area (Å²) in [6, 6.07) is 4.69. The van der Waals surface area contributed by atoms with E-state index in [4.69, 9.17) is 23.7 Å². The Bertz CT molecular complexity index is 2100. The summed E-state index contributed by atoms with van der Waals surface area (Å²) < 4.78 is 28.5. The van der Waals surface area contributed by atoms with Gasteiger partial charge in [-0.15, -0.1) is 0 Å². The number of aliphatic hydroxyl groups is 1. The largest absolute Gasteiger partial charge is 0.491 e. The van der Waals surface area contributed by atoms with E-state index in [9.17, 15) is 43.8 Å². The predicted molar refractivity (Wildman–Crippen MR) is 250 cm³/mol. The van der Waals surface area contributed by atoms with E-state index >= 15 is 0 Å². The second-order valence-corrected chi connectivity index (χ2v) is 19.3. The fraction of sp³-hybridized carbons (Fsp3) is 0.596. The summed E-state index contributed by atoms with van der Waals surface area (Å²) in [5, 5.41) is 38.2. The number of aliphatic carboxylic acids is 1. The molecule has 0 spiro atoms. The molecule has 0 saturated carbocycles. The van der Waals surface area contributed by atoms with Crippen molar-refractivity contribution in [3.8, 4) is 22.6 Å². The highest BCUT2D eigenvalue weighted by atomic mass is 16.6. The van der Waals surface area contributed by atoms with Crippen molar-refractivity contribution in [3.05, 3.63) is 47.5 Å². The highest BCUT2D eigenvalue weighted by molar-refractivity contribution is 5.88. The highest BCUT2D eigenvalue weighted by Crippen LogP contribution is 2.40. The summed E-state index contributed by atoms with van der Waals surface area (Å²) in [7, 11) is 1.42. The third-order valence-electron chi connectivity index (χ3n) is 9.68. The van der Waals surface area contributed by atoms with Gasteiger partial charge in [-0.05, 0) is 117 Å². The molecule has 0 aromatic heterocycles. The van der Waals surface area contributed by atoms with Gasteiger partial charge in [0.25, 0.3) is 0 Å². The highest BCUT2D eigenvalue weighted by Gasteiger charge is 2.36. The van der Waals surface area contributed by atoms with Crippen molar-refractivity contribution in [2.75, 3.05) is 39.9 Å². The lowest BCUT2D eigenvalue weighted by molar-refractivity contribution is -0.143. The molecule has 1 heterocycles. The van der Waals surface area contributed by atoms with Crippen LogP contribution in [0.4, 0.5) is 14.4 Å². The zero-order valence-corrected chi connectivity index (χ0v) is 41.2. The SMILES string of the molecule is CC(=O)N[C@@H](CCCNC(=O)OC(C)(C)C)C(=O)N(C)[C@H]1c2ccc(OCCNC(=O)OC(C)(C)C)c(c2)-c2cc(ccc2OCCNC(=O)OC(C)(C)C)C[C@@H](C(=O)O)NC(=O)[C@H](C)NC1O. The number of hydrogen-bond donors (Lipinski definition) is 8. The fourth-order valence-electron chi connectivity index (χ4n) is 6.83. The molecular formula is C47H71N7O14. The number of ether oxygens (including phenoxy) is 5. The van der Waals surface area contributed by atoms with Crippen LogP contribution < -0.4 is 41.4 Å². The second kappa shape index (κ2) is 24.6. The zero-order chi connectivity index (χ0) is 51.1. The lowest BCUT2D eigenvalue weighted by atomic mass is 9.93. The van der Waals surface area contributed by atoms with E-state index in [2.05, 4.69) is 31.9 Å². The molecule has 6 amide bonds. The maximum atomic E-state index is 14.5. The Kier molecular flexibility index (Phi) is 20.3. The maximum absolute atomic E-state index is 14.5. The zero-order valence-electron chi connectivity index (χ0n) is 41.2. The summed E-state index contributed by atoms with van der Waals surface area (Å²) in [6.45, 7) is 18.3. The Morgan fingerprint density at radius 2 is 1.25 bits per heavy atom. The van der Waals surface area contributed by atoms with Gasteiger partial charge < -0.3 is 65.4 Å². The first-order valence-corrected chi connectivity index (χ1v) is 22.5. The molecule has 68 heavy (non-hydrogen) atoms. The summed E-state index contributed by atoms with van der Waals surface area (Å²) in [5.41, 5.74) is -0.725. The van der Waals surface area contributed by atoms with Crippen molar-refractivity contribution in [2.45, 2.75) is 143 Å². The number of fused-ring (bicyclic) bond motifs is 5. The first-order chi connectivity index (χ1) is 31.5. The molecule has 4 bridgehead atoms. The van der Waals surface area contributed by atoms with Gasteiger partial charge in [-0.25, -0.2) is 19.2 Å². The van der Waals surface area contributed by atoms with Crippen LogP contribution in [0.3, 0.4) is 0 Å². The molecule has 0 radical (unpaired) electrons. The molecule has 5 atom stereocenters. The summed E-state index contributed by atoms with van der Waals surface area (Å²) in [5.74, 6) is -2.72. The molecule has 8 N–H and O–H groups in total. The van der Waals surface area contributed by atoms with E-state index in [0.717, 1.165) is 0 Å². The van der Waals surface area contributed by atoms with Crippen molar-refractivity contribution in [1.29, 1.82) is 0 Å². The Hall–Kier alpha value is -6.35. The number of carbonyl (C=O) groups excluding carboxylic acids is 6. The average molecular weight is 958 g/mol. The number of amides is 6. The molecule has 1 aliphatic heterocycles. The van der Waals surface area contributed by atoms with E-state index in [-0.39, 0.29) is 63.6 Å². The van der Waals surface area contributed by atoms with Crippen LogP contribution >= 0.6 is 0 Å². The quantitative estimate of drug-likeness (QED) is 0.0876. The van der Waals surface area contributed by atoms with Crippen LogP contribution in [0.1, 0.15) is 106 Å². The lowest BCUT2D eigenvalue weighted by Gasteiger charge is -2.36. The number of carboxylic acids is 1. The summed E-state index contributed by atoms with van der Waals surface area (Å²) >= 11 is 0. The number of likely N-dealkylation sites (N-methyl/N-ethyl adjacent to an activating group) is 1. The number of carboxylic acid groups (broad SMARTS) is 1. The smallest absolute Gasteiger partial charge is 0.407 e. The molecule has 0 fully saturated rings. The van der Waals surface area contributed by atoms with E-state index in [0.29, 0.717) is 22.3 Å². The number of benzene rings is 2. The first kappa shape index (κ1) is 56.0. The monoisotopic (exact) mass is 958 g/mol. The summed E-state index contributed by atoms with van der Waals surface area (Å²) in [6.07, 6.45) is -3.54. The molecule has 0 saturated heterocycles. The van der Waals surface area contributed by atoms with Crippen LogP contribution in [-0.2, 0) is 39.8 Å². The number of rotatable bonds is 16. The van der Waals surface area contributed by atoms with Crippen LogP contribution in [0.5, 0.6) is 11.5 Å². The second-order valence-electron chi connectivity index (χ2n) is 19.3. The number of carbonyl (C=O) groups is 7. The number of alkyl carbamates (subject to hydrolysis) is 3. The normalized spacial score (nSPS) is 18.0. The van der Waals surface area contributed by atoms with Gasteiger partial charge in [0.2, 0.25) is 17.7 Å². The van der Waals surface area contributed by atoms with E-state index in [1.165, 1.54) is 25.8 Å². The van der Waals surface area contributed by atoms with Gasteiger partial charge in [-0.1, -0.05) is 12.1 Å². The third-order valence-corrected chi connectivity index (χ3v) is 9.68. The molecule has 3 rings (SSSR count). The molecule has 1 unspecified atom stereocenters. The minimum atomic E-state index is -1.69. The topological polar surface area (TPSA) is 282 Å². The van der Waals surface area contributed by atoms with Crippen molar-refractivity contribution in [2.24, 2.45) is 0 Å². The van der Waals surface area contributed by atoms with Crippen LogP contribution in [0.25, 0.3) is 11.1 Å². The molecule has 2 aromatic rings. The molecule has 1 aliphatic rings. The molecule has 378 valence electrons. The van der Waals surface area contributed by atoms with Gasteiger partial charge in [0.05, 0.1) is 25.2 Å². The third kappa shape index (κ3) is 19.1.